The standard InChI is InChI=1S/C17H23ClN4OS/c1-3-4-5-7-13(2)20-16(23)11-24-17-21-19-12-22(17)15-9-6-8-14(18)10-15/h6,8-10,12-13H,3-5,7,11H2,1-2H3,(H,20,23). The summed E-state index contributed by atoms with van der Waals surface area (Å²) in [5.74, 6) is 0.335. The molecule has 130 valence electrons. The van der Waals surface area contributed by atoms with Crippen LogP contribution in [0.4, 0.5) is 0 Å². The lowest BCUT2D eigenvalue weighted by molar-refractivity contribution is -0.119. The van der Waals surface area contributed by atoms with Crippen molar-refractivity contribution in [2.45, 2.75) is 50.7 Å². The summed E-state index contributed by atoms with van der Waals surface area (Å²) in [6.45, 7) is 4.22. The van der Waals surface area contributed by atoms with Gasteiger partial charge >= 0.3 is 0 Å². The topological polar surface area (TPSA) is 59.8 Å². The summed E-state index contributed by atoms with van der Waals surface area (Å²) < 4.78 is 1.83. The Bertz CT molecular complexity index is 662. The second-order valence-electron chi connectivity index (χ2n) is 5.72. The van der Waals surface area contributed by atoms with Crippen LogP contribution in [0.3, 0.4) is 0 Å². The van der Waals surface area contributed by atoms with E-state index in [0.717, 1.165) is 18.5 Å². The number of amides is 1. The minimum atomic E-state index is 0.0182. The summed E-state index contributed by atoms with van der Waals surface area (Å²) in [6, 6.07) is 7.65. The Morgan fingerprint density at radius 1 is 1.42 bits per heavy atom. The summed E-state index contributed by atoms with van der Waals surface area (Å²) in [5, 5.41) is 12.4. The molecule has 2 aromatic rings. The lowest BCUT2D eigenvalue weighted by Gasteiger charge is -2.13. The van der Waals surface area contributed by atoms with Gasteiger partial charge in [-0.2, -0.15) is 0 Å². The van der Waals surface area contributed by atoms with Crippen LogP contribution in [-0.4, -0.2) is 32.5 Å². The molecule has 0 saturated carbocycles. The maximum absolute atomic E-state index is 12.1. The van der Waals surface area contributed by atoms with Gasteiger partial charge in [-0.25, -0.2) is 0 Å². The number of rotatable bonds is 9. The molecule has 0 radical (unpaired) electrons. The molecule has 2 rings (SSSR count). The Labute approximate surface area is 152 Å². The molecule has 0 spiro atoms. The largest absolute Gasteiger partial charge is 0.353 e. The average molecular weight is 367 g/mol. The van der Waals surface area contributed by atoms with E-state index in [1.807, 2.05) is 35.8 Å². The fraction of sp³-hybridized carbons (Fsp3) is 0.471. The Morgan fingerprint density at radius 3 is 3.00 bits per heavy atom. The summed E-state index contributed by atoms with van der Waals surface area (Å²) in [5.41, 5.74) is 0.878. The van der Waals surface area contributed by atoms with E-state index in [9.17, 15) is 4.79 Å². The predicted molar refractivity (Wildman–Crippen MR) is 98.8 cm³/mol. The summed E-state index contributed by atoms with van der Waals surface area (Å²) >= 11 is 7.39. The van der Waals surface area contributed by atoms with E-state index in [1.54, 1.807) is 6.33 Å². The molecule has 1 unspecified atom stereocenters. The third kappa shape index (κ3) is 5.83. The molecule has 1 aromatic carbocycles. The van der Waals surface area contributed by atoms with Gasteiger partial charge in [-0.3, -0.25) is 9.36 Å². The van der Waals surface area contributed by atoms with Crippen LogP contribution in [0, 0.1) is 0 Å². The van der Waals surface area contributed by atoms with E-state index in [-0.39, 0.29) is 11.9 Å². The fourth-order valence-corrected chi connectivity index (χ4v) is 3.27. The van der Waals surface area contributed by atoms with E-state index < -0.39 is 0 Å². The minimum Gasteiger partial charge on any atom is -0.353 e. The van der Waals surface area contributed by atoms with Crippen molar-refractivity contribution >= 4 is 29.3 Å². The number of nitrogens with one attached hydrogen (secondary N) is 1. The number of hydrogen-bond donors (Lipinski definition) is 1. The van der Waals surface area contributed by atoms with Crippen molar-refractivity contribution in [1.82, 2.24) is 20.1 Å². The number of halogens is 1. The van der Waals surface area contributed by atoms with Crippen LogP contribution in [0.1, 0.15) is 39.5 Å². The normalized spacial score (nSPS) is 12.1. The van der Waals surface area contributed by atoms with E-state index in [4.69, 9.17) is 11.6 Å². The van der Waals surface area contributed by atoms with Gasteiger partial charge in [0.1, 0.15) is 6.33 Å². The number of benzene rings is 1. The first kappa shape index (κ1) is 18.8. The van der Waals surface area contributed by atoms with Crippen LogP contribution in [-0.2, 0) is 4.79 Å². The van der Waals surface area contributed by atoms with Gasteiger partial charge in [0.15, 0.2) is 5.16 Å². The monoisotopic (exact) mass is 366 g/mol. The Balaban J connectivity index is 1.87. The molecule has 1 aromatic heterocycles. The van der Waals surface area contributed by atoms with Gasteiger partial charge in [0.2, 0.25) is 5.91 Å². The third-order valence-electron chi connectivity index (χ3n) is 3.58. The van der Waals surface area contributed by atoms with Crippen molar-refractivity contribution in [3.8, 4) is 5.69 Å². The van der Waals surface area contributed by atoms with Gasteiger partial charge in [0.25, 0.3) is 0 Å². The van der Waals surface area contributed by atoms with Crippen molar-refractivity contribution in [2.24, 2.45) is 0 Å². The summed E-state index contributed by atoms with van der Waals surface area (Å²) in [6.07, 6.45) is 6.18. The Hall–Kier alpha value is -1.53. The van der Waals surface area contributed by atoms with Crippen molar-refractivity contribution in [2.75, 3.05) is 5.75 Å². The number of thioether (sulfide) groups is 1. The first-order chi connectivity index (χ1) is 11.6. The third-order valence-corrected chi connectivity index (χ3v) is 4.76. The molecule has 0 aliphatic carbocycles. The smallest absolute Gasteiger partial charge is 0.230 e. The second kappa shape index (κ2) is 9.69. The van der Waals surface area contributed by atoms with Gasteiger partial charge in [0, 0.05) is 11.1 Å². The first-order valence-electron chi connectivity index (χ1n) is 8.18. The molecule has 1 heterocycles. The van der Waals surface area contributed by atoms with Gasteiger partial charge in [-0.1, -0.05) is 55.6 Å². The number of aromatic nitrogens is 3. The molecule has 0 bridgehead atoms. The zero-order valence-corrected chi connectivity index (χ0v) is 15.6. The zero-order chi connectivity index (χ0) is 17.4. The van der Waals surface area contributed by atoms with Crippen LogP contribution >= 0.6 is 23.4 Å². The SMILES string of the molecule is CCCCCC(C)NC(=O)CSc1nncn1-c1cccc(Cl)c1. The van der Waals surface area contributed by atoms with Crippen molar-refractivity contribution in [3.05, 3.63) is 35.6 Å². The van der Waals surface area contributed by atoms with Crippen molar-refractivity contribution < 1.29 is 4.79 Å². The molecular weight excluding hydrogens is 344 g/mol. The van der Waals surface area contributed by atoms with Crippen LogP contribution in [0.15, 0.2) is 35.7 Å². The number of unbranched alkanes of at least 4 members (excludes halogenated alkanes) is 2. The number of carbonyl (C=O) groups is 1. The van der Waals surface area contributed by atoms with Crippen molar-refractivity contribution in [1.29, 1.82) is 0 Å². The highest BCUT2D eigenvalue weighted by molar-refractivity contribution is 7.99. The predicted octanol–water partition coefficient (Wildman–Crippen LogP) is 4.10. The molecule has 1 N–H and O–H groups in total. The maximum Gasteiger partial charge on any atom is 0.230 e. The van der Waals surface area contributed by atoms with Crippen LogP contribution < -0.4 is 5.32 Å². The van der Waals surface area contributed by atoms with Crippen LogP contribution in [0.5, 0.6) is 0 Å². The second-order valence-corrected chi connectivity index (χ2v) is 7.10. The van der Waals surface area contributed by atoms with Gasteiger partial charge in [-0.05, 0) is 31.5 Å². The van der Waals surface area contributed by atoms with Crippen molar-refractivity contribution in [3.63, 3.8) is 0 Å². The molecule has 0 fully saturated rings. The van der Waals surface area contributed by atoms with Gasteiger partial charge in [-0.15, -0.1) is 10.2 Å². The maximum atomic E-state index is 12.1. The van der Waals surface area contributed by atoms with Crippen LogP contribution in [0.2, 0.25) is 5.02 Å². The van der Waals surface area contributed by atoms with E-state index in [1.165, 1.54) is 24.6 Å². The van der Waals surface area contributed by atoms with Gasteiger partial charge < -0.3 is 5.32 Å². The highest BCUT2D eigenvalue weighted by Gasteiger charge is 2.12. The van der Waals surface area contributed by atoms with Gasteiger partial charge in [0.05, 0.1) is 11.4 Å². The molecule has 7 heteroatoms. The number of nitrogens with zero attached hydrogens (tertiary/aromatic N) is 3. The highest BCUT2D eigenvalue weighted by Crippen LogP contribution is 2.21. The number of carbonyl (C=O) groups excluding carboxylic acids is 1. The van der Waals surface area contributed by atoms with Crippen LogP contribution in [0.25, 0.3) is 5.69 Å². The van der Waals surface area contributed by atoms with E-state index in [2.05, 4.69) is 22.4 Å². The molecule has 0 saturated heterocycles. The lowest BCUT2D eigenvalue weighted by Crippen LogP contribution is -2.33. The number of hydrogen-bond acceptors (Lipinski definition) is 4. The Kier molecular flexibility index (Phi) is 7.59. The molecule has 1 atom stereocenters. The first-order valence-corrected chi connectivity index (χ1v) is 9.54. The quantitative estimate of drug-likeness (QED) is 0.536. The Morgan fingerprint density at radius 2 is 2.25 bits per heavy atom. The molecule has 1 amide bonds. The lowest BCUT2D eigenvalue weighted by atomic mass is 10.1. The summed E-state index contributed by atoms with van der Waals surface area (Å²) in [4.78, 5) is 12.1. The molecule has 24 heavy (non-hydrogen) atoms. The minimum absolute atomic E-state index is 0.0182. The molecule has 0 aliphatic rings. The zero-order valence-electron chi connectivity index (χ0n) is 14.0. The molecular formula is C17H23ClN4OS. The van der Waals surface area contributed by atoms with E-state index >= 15 is 0 Å². The molecule has 0 aliphatic heterocycles. The van der Waals surface area contributed by atoms with E-state index in [0.29, 0.717) is 15.9 Å². The average Bonchev–Trinajstić information content (AvgIpc) is 3.01. The molecule has 5 nitrogen and oxygen atoms in total. The highest BCUT2D eigenvalue weighted by atomic mass is 35.5. The fourth-order valence-electron chi connectivity index (χ4n) is 2.35. The summed E-state index contributed by atoms with van der Waals surface area (Å²) in [7, 11) is 0.